The molecule has 0 saturated heterocycles. The highest BCUT2D eigenvalue weighted by Crippen LogP contribution is 2.34. The summed E-state index contributed by atoms with van der Waals surface area (Å²) in [5.41, 5.74) is 6.04. The molecule has 1 aromatic rings. The average Bonchev–Trinajstić information content (AvgIpc) is 2.85. The summed E-state index contributed by atoms with van der Waals surface area (Å²) in [5, 5.41) is 4.13. The van der Waals surface area contributed by atoms with Crippen molar-refractivity contribution in [2.24, 2.45) is 11.7 Å². The van der Waals surface area contributed by atoms with E-state index in [1.165, 1.54) is 25.7 Å². The second-order valence-electron chi connectivity index (χ2n) is 5.35. The Kier molecular flexibility index (Phi) is 5.06. The molecule has 1 aliphatic carbocycles. The lowest BCUT2D eigenvalue weighted by atomic mass is 9.82. The first-order valence-corrected chi connectivity index (χ1v) is 8.18. The predicted molar refractivity (Wildman–Crippen MR) is 74.6 cm³/mol. The lowest BCUT2D eigenvalue weighted by Gasteiger charge is -2.23. The van der Waals surface area contributed by atoms with Crippen LogP contribution in [0.2, 0.25) is 0 Å². The standard InChI is InChI=1S/C13H23N3OS/c1-9-4-3-5-10(8-9)12-15-13(17-16-12)11(14)6-7-18-2/h9-11H,3-8,14H2,1-2H3/t9?,10?,11-/m1/s1. The van der Waals surface area contributed by atoms with Gasteiger partial charge < -0.3 is 10.3 Å². The van der Waals surface area contributed by atoms with Crippen molar-refractivity contribution in [1.82, 2.24) is 10.1 Å². The molecule has 2 unspecified atom stereocenters. The third kappa shape index (κ3) is 3.48. The highest BCUT2D eigenvalue weighted by atomic mass is 32.2. The molecule has 2 N–H and O–H groups in total. The van der Waals surface area contributed by atoms with E-state index in [9.17, 15) is 0 Å². The molecular formula is C13H23N3OS. The number of thioether (sulfide) groups is 1. The average molecular weight is 269 g/mol. The minimum atomic E-state index is -0.111. The van der Waals surface area contributed by atoms with E-state index in [-0.39, 0.29) is 6.04 Å². The molecular weight excluding hydrogens is 246 g/mol. The second kappa shape index (κ2) is 6.57. The molecule has 102 valence electrons. The van der Waals surface area contributed by atoms with E-state index in [0.29, 0.717) is 11.8 Å². The van der Waals surface area contributed by atoms with Crippen LogP contribution in [0.25, 0.3) is 0 Å². The third-order valence-corrected chi connectivity index (χ3v) is 4.35. The Labute approximate surface area is 113 Å². The first-order chi connectivity index (χ1) is 8.70. The van der Waals surface area contributed by atoms with Crippen molar-refractivity contribution in [3.05, 3.63) is 11.7 Å². The van der Waals surface area contributed by atoms with Gasteiger partial charge in [-0.25, -0.2) is 0 Å². The van der Waals surface area contributed by atoms with Crippen LogP contribution in [0.4, 0.5) is 0 Å². The van der Waals surface area contributed by atoms with E-state index < -0.39 is 0 Å². The molecule has 4 nitrogen and oxygen atoms in total. The van der Waals surface area contributed by atoms with E-state index in [1.807, 2.05) is 0 Å². The van der Waals surface area contributed by atoms with Crippen LogP contribution >= 0.6 is 11.8 Å². The van der Waals surface area contributed by atoms with Gasteiger partial charge in [0.15, 0.2) is 5.82 Å². The van der Waals surface area contributed by atoms with Gasteiger partial charge in [-0.15, -0.1) is 0 Å². The van der Waals surface area contributed by atoms with Crippen LogP contribution in [0.15, 0.2) is 4.52 Å². The second-order valence-corrected chi connectivity index (χ2v) is 6.33. The van der Waals surface area contributed by atoms with Gasteiger partial charge in [-0.2, -0.15) is 16.7 Å². The van der Waals surface area contributed by atoms with Gasteiger partial charge >= 0.3 is 0 Å². The zero-order valence-corrected chi connectivity index (χ0v) is 12.1. The van der Waals surface area contributed by atoms with Crippen molar-refractivity contribution in [3.8, 4) is 0 Å². The van der Waals surface area contributed by atoms with Crippen LogP contribution in [0.1, 0.15) is 62.7 Å². The summed E-state index contributed by atoms with van der Waals surface area (Å²) >= 11 is 1.79. The molecule has 0 bridgehead atoms. The maximum atomic E-state index is 6.04. The summed E-state index contributed by atoms with van der Waals surface area (Å²) in [6.45, 7) is 2.30. The Balaban J connectivity index is 1.96. The van der Waals surface area contributed by atoms with Gasteiger partial charge in [0, 0.05) is 5.92 Å². The van der Waals surface area contributed by atoms with Gasteiger partial charge in [0.2, 0.25) is 5.89 Å². The number of nitrogens with zero attached hydrogens (tertiary/aromatic N) is 2. The van der Waals surface area contributed by atoms with Crippen LogP contribution < -0.4 is 5.73 Å². The van der Waals surface area contributed by atoms with Crippen molar-refractivity contribution in [1.29, 1.82) is 0 Å². The van der Waals surface area contributed by atoms with Crippen LogP contribution in [0.5, 0.6) is 0 Å². The van der Waals surface area contributed by atoms with Crippen molar-refractivity contribution in [2.45, 2.75) is 51.0 Å². The molecule has 1 heterocycles. The van der Waals surface area contributed by atoms with Gasteiger partial charge in [-0.1, -0.05) is 24.9 Å². The fraction of sp³-hybridized carbons (Fsp3) is 0.846. The molecule has 2 rings (SSSR count). The summed E-state index contributed by atoms with van der Waals surface area (Å²) in [5.74, 6) is 3.75. The molecule has 3 atom stereocenters. The quantitative estimate of drug-likeness (QED) is 0.889. The van der Waals surface area contributed by atoms with E-state index in [4.69, 9.17) is 10.3 Å². The minimum absolute atomic E-state index is 0.111. The summed E-state index contributed by atoms with van der Waals surface area (Å²) in [6, 6.07) is -0.111. The summed E-state index contributed by atoms with van der Waals surface area (Å²) in [7, 11) is 0. The van der Waals surface area contributed by atoms with Crippen LogP contribution in [-0.2, 0) is 0 Å². The Morgan fingerprint density at radius 1 is 1.50 bits per heavy atom. The topological polar surface area (TPSA) is 64.9 Å². The number of rotatable bonds is 5. The van der Waals surface area contributed by atoms with Crippen LogP contribution in [-0.4, -0.2) is 22.1 Å². The van der Waals surface area contributed by atoms with Gasteiger partial charge in [0.25, 0.3) is 0 Å². The molecule has 1 aliphatic rings. The number of aromatic nitrogens is 2. The SMILES string of the molecule is CSCC[C@@H](N)c1nc(C2CCCC(C)C2)no1. The lowest BCUT2D eigenvalue weighted by Crippen LogP contribution is -2.14. The molecule has 18 heavy (non-hydrogen) atoms. The fourth-order valence-corrected chi connectivity index (χ4v) is 3.09. The normalized spacial score (nSPS) is 26.2. The first-order valence-electron chi connectivity index (χ1n) is 6.78. The maximum absolute atomic E-state index is 6.04. The summed E-state index contributed by atoms with van der Waals surface area (Å²) in [6.07, 6.45) is 7.93. The van der Waals surface area contributed by atoms with Crippen LogP contribution in [0, 0.1) is 5.92 Å². The molecule has 5 heteroatoms. The summed E-state index contributed by atoms with van der Waals surface area (Å²) in [4.78, 5) is 4.51. The third-order valence-electron chi connectivity index (χ3n) is 3.71. The molecule has 1 aromatic heterocycles. The monoisotopic (exact) mass is 269 g/mol. The van der Waals surface area contributed by atoms with Crippen molar-refractivity contribution < 1.29 is 4.52 Å². The van der Waals surface area contributed by atoms with Crippen molar-refractivity contribution in [2.75, 3.05) is 12.0 Å². The van der Waals surface area contributed by atoms with E-state index in [2.05, 4.69) is 23.3 Å². The van der Waals surface area contributed by atoms with Gasteiger partial charge in [-0.05, 0) is 37.2 Å². The zero-order valence-electron chi connectivity index (χ0n) is 11.3. The van der Waals surface area contributed by atoms with Gasteiger partial charge in [0.1, 0.15) is 0 Å². The van der Waals surface area contributed by atoms with E-state index >= 15 is 0 Å². The Morgan fingerprint density at radius 2 is 2.33 bits per heavy atom. The molecule has 0 amide bonds. The van der Waals surface area contributed by atoms with Gasteiger partial charge in [-0.3, -0.25) is 0 Å². The fourth-order valence-electron chi connectivity index (χ4n) is 2.60. The van der Waals surface area contributed by atoms with Crippen molar-refractivity contribution >= 4 is 11.8 Å². The number of nitrogens with two attached hydrogens (primary N) is 1. The Morgan fingerprint density at radius 3 is 3.06 bits per heavy atom. The predicted octanol–water partition coefficient (Wildman–Crippen LogP) is 3.12. The van der Waals surface area contributed by atoms with Gasteiger partial charge in [0.05, 0.1) is 6.04 Å². The number of hydrogen-bond donors (Lipinski definition) is 1. The van der Waals surface area contributed by atoms with E-state index in [1.54, 1.807) is 11.8 Å². The largest absolute Gasteiger partial charge is 0.338 e. The Hall–Kier alpha value is -0.550. The molecule has 0 aliphatic heterocycles. The summed E-state index contributed by atoms with van der Waals surface area (Å²) < 4.78 is 5.32. The van der Waals surface area contributed by atoms with E-state index in [0.717, 1.165) is 23.9 Å². The lowest BCUT2D eigenvalue weighted by molar-refractivity contribution is 0.315. The highest BCUT2D eigenvalue weighted by Gasteiger charge is 2.25. The molecule has 0 radical (unpaired) electrons. The highest BCUT2D eigenvalue weighted by molar-refractivity contribution is 7.98. The minimum Gasteiger partial charge on any atom is -0.338 e. The van der Waals surface area contributed by atoms with Crippen molar-refractivity contribution in [3.63, 3.8) is 0 Å². The zero-order chi connectivity index (χ0) is 13.0. The smallest absolute Gasteiger partial charge is 0.243 e. The Bertz CT molecular complexity index is 369. The molecule has 1 fully saturated rings. The number of hydrogen-bond acceptors (Lipinski definition) is 5. The molecule has 0 spiro atoms. The van der Waals surface area contributed by atoms with Crippen LogP contribution in [0.3, 0.4) is 0 Å². The first kappa shape index (κ1) is 13.9. The molecule has 1 saturated carbocycles. The maximum Gasteiger partial charge on any atom is 0.243 e. The molecule has 0 aromatic carbocycles.